The molecule has 13 heavy (non-hydrogen) atoms. The summed E-state index contributed by atoms with van der Waals surface area (Å²) >= 11 is 5.94. The molecule has 2 rings (SSSR count). The third-order valence-electron chi connectivity index (χ3n) is 1.97. The highest BCUT2D eigenvalue weighted by atomic mass is 35.5. The van der Waals surface area contributed by atoms with E-state index in [9.17, 15) is 0 Å². The SMILES string of the molecule is Cc1[nH]nc(Cl)c1-c1ccccc1. The van der Waals surface area contributed by atoms with Crippen LogP contribution in [0, 0.1) is 6.92 Å². The highest BCUT2D eigenvalue weighted by molar-refractivity contribution is 6.32. The van der Waals surface area contributed by atoms with Crippen LogP contribution in [0.1, 0.15) is 5.69 Å². The van der Waals surface area contributed by atoms with Gasteiger partial charge in [0.1, 0.15) is 0 Å². The lowest BCUT2D eigenvalue weighted by Crippen LogP contribution is -1.78. The highest BCUT2D eigenvalue weighted by Crippen LogP contribution is 2.28. The van der Waals surface area contributed by atoms with E-state index < -0.39 is 0 Å². The van der Waals surface area contributed by atoms with Crippen molar-refractivity contribution < 1.29 is 0 Å². The van der Waals surface area contributed by atoms with Gasteiger partial charge in [-0.25, -0.2) is 0 Å². The number of H-pyrrole nitrogens is 1. The Bertz CT molecular complexity index is 387. The monoisotopic (exact) mass is 192 g/mol. The maximum absolute atomic E-state index is 5.94. The minimum Gasteiger partial charge on any atom is -0.281 e. The lowest BCUT2D eigenvalue weighted by atomic mass is 10.1. The summed E-state index contributed by atoms with van der Waals surface area (Å²) in [5.41, 5.74) is 3.08. The summed E-state index contributed by atoms with van der Waals surface area (Å²) in [6.45, 7) is 1.96. The van der Waals surface area contributed by atoms with Crippen LogP contribution in [0.4, 0.5) is 0 Å². The molecule has 0 atom stereocenters. The molecule has 0 amide bonds. The van der Waals surface area contributed by atoms with Gasteiger partial charge in [-0.3, -0.25) is 5.10 Å². The number of aryl methyl sites for hydroxylation is 1. The number of rotatable bonds is 1. The van der Waals surface area contributed by atoms with E-state index in [0.717, 1.165) is 16.8 Å². The molecule has 0 bridgehead atoms. The largest absolute Gasteiger partial charge is 0.281 e. The molecule has 0 fully saturated rings. The number of halogens is 1. The van der Waals surface area contributed by atoms with Crippen molar-refractivity contribution in [2.24, 2.45) is 0 Å². The number of aromatic amines is 1. The molecule has 0 aliphatic rings. The van der Waals surface area contributed by atoms with Crippen molar-refractivity contribution in [1.82, 2.24) is 10.2 Å². The van der Waals surface area contributed by atoms with Crippen LogP contribution in [0.2, 0.25) is 5.15 Å². The third kappa shape index (κ3) is 1.45. The van der Waals surface area contributed by atoms with Crippen molar-refractivity contribution in [3.63, 3.8) is 0 Å². The number of hydrogen-bond donors (Lipinski definition) is 1. The summed E-state index contributed by atoms with van der Waals surface area (Å²) in [5.74, 6) is 0. The molecule has 0 saturated carbocycles. The van der Waals surface area contributed by atoms with E-state index >= 15 is 0 Å². The summed E-state index contributed by atoms with van der Waals surface area (Å²) < 4.78 is 0. The van der Waals surface area contributed by atoms with Crippen molar-refractivity contribution in [3.05, 3.63) is 41.2 Å². The Morgan fingerprint density at radius 3 is 2.46 bits per heavy atom. The Kier molecular flexibility index (Phi) is 2.07. The quantitative estimate of drug-likeness (QED) is 0.739. The van der Waals surface area contributed by atoms with Gasteiger partial charge in [0.25, 0.3) is 0 Å². The maximum atomic E-state index is 5.94. The fourth-order valence-electron chi connectivity index (χ4n) is 1.34. The number of hydrogen-bond acceptors (Lipinski definition) is 1. The van der Waals surface area contributed by atoms with Gasteiger partial charge < -0.3 is 0 Å². The van der Waals surface area contributed by atoms with Crippen LogP contribution >= 0.6 is 11.6 Å². The predicted octanol–water partition coefficient (Wildman–Crippen LogP) is 3.04. The van der Waals surface area contributed by atoms with Gasteiger partial charge in [-0.2, -0.15) is 5.10 Å². The molecular formula is C10H9ClN2. The summed E-state index contributed by atoms with van der Waals surface area (Å²) in [6, 6.07) is 9.98. The number of benzene rings is 1. The van der Waals surface area contributed by atoms with Crippen LogP contribution in [-0.4, -0.2) is 10.2 Å². The second kappa shape index (κ2) is 3.23. The smallest absolute Gasteiger partial charge is 0.158 e. The summed E-state index contributed by atoms with van der Waals surface area (Å²) in [5, 5.41) is 7.32. The minimum atomic E-state index is 0.531. The van der Waals surface area contributed by atoms with Gasteiger partial charge in [0.05, 0.1) is 0 Å². The van der Waals surface area contributed by atoms with Crippen LogP contribution in [0.5, 0.6) is 0 Å². The van der Waals surface area contributed by atoms with Crippen molar-refractivity contribution in [3.8, 4) is 11.1 Å². The van der Waals surface area contributed by atoms with Crippen molar-refractivity contribution in [2.45, 2.75) is 6.92 Å². The second-order valence-corrected chi connectivity index (χ2v) is 3.24. The molecular weight excluding hydrogens is 184 g/mol. The summed E-state index contributed by atoms with van der Waals surface area (Å²) in [4.78, 5) is 0. The lowest BCUT2D eigenvalue weighted by molar-refractivity contribution is 1.05. The molecule has 2 aromatic rings. The second-order valence-electron chi connectivity index (χ2n) is 2.88. The van der Waals surface area contributed by atoms with Gasteiger partial charge in [-0.15, -0.1) is 0 Å². The molecule has 1 N–H and O–H groups in total. The number of nitrogens with zero attached hydrogens (tertiary/aromatic N) is 1. The van der Waals surface area contributed by atoms with E-state index in [-0.39, 0.29) is 0 Å². The van der Waals surface area contributed by atoms with Crippen molar-refractivity contribution in [2.75, 3.05) is 0 Å². The molecule has 1 heterocycles. The first-order valence-electron chi connectivity index (χ1n) is 4.05. The molecule has 0 radical (unpaired) electrons. The van der Waals surface area contributed by atoms with E-state index in [1.165, 1.54) is 0 Å². The Morgan fingerprint density at radius 2 is 1.92 bits per heavy atom. The zero-order valence-corrected chi connectivity index (χ0v) is 7.97. The normalized spacial score (nSPS) is 10.3. The molecule has 0 unspecified atom stereocenters. The van der Waals surface area contributed by atoms with E-state index in [1.807, 2.05) is 37.3 Å². The molecule has 0 aliphatic heterocycles. The van der Waals surface area contributed by atoms with Gasteiger partial charge in [0, 0.05) is 11.3 Å². The van der Waals surface area contributed by atoms with Gasteiger partial charge in [-0.1, -0.05) is 41.9 Å². The molecule has 3 heteroatoms. The standard InChI is InChI=1S/C10H9ClN2/c1-7-9(10(11)13-12-7)8-5-3-2-4-6-8/h2-6H,1H3,(H,12,13). The van der Waals surface area contributed by atoms with Gasteiger partial charge in [0.15, 0.2) is 5.15 Å². The van der Waals surface area contributed by atoms with Crippen molar-refractivity contribution >= 4 is 11.6 Å². The fraction of sp³-hybridized carbons (Fsp3) is 0.100. The fourth-order valence-corrected chi connectivity index (χ4v) is 1.63. The first-order valence-corrected chi connectivity index (χ1v) is 4.42. The first-order chi connectivity index (χ1) is 6.29. The molecule has 0 saturated heterocycles. The molecule has 2 nitrogen and oxygen atoms in total. The summed E-state index contributed by atoms with van der Waals surface area (Å²) in [6.07, 6.45) is 0. The molecule has 1 aromatic heterocycles. The molecule has 66 valence electrons. The highest BCUT2D eigenvalue weighted by Gasteiger charge is 2.08. The van der Waals surface area contributed by atoms with E-state index in [2.05, 4.69) is 10.2 Å². The topological polar surface area (TPSA) is 28.7 Å². The Morgan fingerprint density at radius 1 is 1.23 bits per heavy atom. The lowest BCUT2D eigenvalue weighted by Gasteiger charge is -1.98. The summed E-state index contributed by atoms with van der Waals surface area (Å²) in [7, 11) is 0. The van der Waals surface area contributed by atoms with Crippen molar-refractivity contribution in [1.29, 1.82) is 0 Å². The average molecular weight is 193 g/mol. The zero-order chi connectivity index (χ0) is 9.26. The minimum absolute atomic E-state index is 0.531. The Balaban J connectivity index is 2.59. The number of aromatic nitrogens is 2. The average Bonchev–Trinajstić information content (AvgIpc) is 2.48. The molecule has 1 aromatic carbocycles. The number of nitrogens with one attached hydrogen (secondary N) is 1. The van der Waals surface area contributed by atoms with Gasteiger partial charge >= 0.3 is 0 Å². The van der Waals surface area contributed by atoms with Crippen LogP contribution in [0.25, 0.3) is 11.1 Å². The Hall–Kier alpha value is -1.28. The first kappa shape index (κ1) is 8.32. The van der Waals surface area contributed by atoms with E-state index in [4.69, 9.17) is 11.6 Å². The molecule has 0 aliphatic carbocycles. The van der Waals surface area contributed by atoms with Crippen LogP contribution in [-0.2, 0) is 0 Å². The predicted molar refractivity (Wildman–Crippen MR) is 53.8 cm³/mol. The van der Waals surface area contributed by atoms with Gasteiger partial charge in [-0.05, 0) is 12.5 Å². The van der Waals surface area contributed by atoms with E-state index in [0.29, 0.717) is 5.15 Å². The van der Waals surface area contributed by atoms with Crippen LogP contribution in [0.3, 0.4) is 0 Å². The third-order valence-corrected chi connectivity index (χ3v) is 2.24. The van der Waals surface area contributed by atoms with Crippen LogP contribution < -0.4 is 0 Å². The Labute approximate surface area is 81.6 Å². The zero-order valence-electron chi connectivity index (χ0n) is 7.21. The van der Waals surface area contributed by atoms with Crippen LogP contribution in [0.15, 0.2) is 30.3 Å². The maximum Gasteiger partial charge on any atom is 0.158 e. The molecule has 0 spiro atoms. The van der Waals surface area contributed by atoms with Gasteiger partial charge in [0.2, 0.25) is 0 Å². The van der Waals surface area contributed by atoms with E-state index in [1.54, 1.807) is 0 Å².